The van der Waals surface area contributed by atoms with Crippen molar-refractivity contribution in [3.63, 3.8) is 0 Å². The molecule has 0 aliphatic heterocycles. The van der Waals surface area contributed by atoms with Crippen LogP contribution in [0.1, 0.15) is 18.9 Å². The van der Waals surface area contributed by atoms with Crippen molar-refractivity contribution in [1.29, 1.82) is 0 Å². The smallest absolute Gasteiger partial charge is 0.143 e. The zero-order valence-electron chi connectivity index (χ0n) is 8.79. The van der Waals surface area contributed by atoms with Crippen LogP contribution in [0.4, 0.5) is 0 Å². The minimum absolute atomic E-state index is 0.0749. The van der Waals surface area contributed by atoms with Crippen LogP contribution >= 0.6 is 11.6 Å². The molecule has 0 bridgehead atoms. The van der Waals surface area contributed by atoms with Gasteiger partial charge < -0.3 is 9.84 Å². The van der Waals surface area contributed by atoms with E-state index in [4.69, 9.17) is 21.4 Å². The molecule has 0 amide bonds. The molecular weight excluding hydrogens is 212 g/mol. The summed E-state index contributed by atoms with van der Waals surface area (Å²) in [6.45, 7) is 6.22. The molecule has 2 nitrogen and oxygen atoms in total. The molecule has 0 fully saturated rings. The van der Waals surface area contributed by atoms with Crippen LogP contribution in [0.25, 0.3) is 0 Å². The second-order valence-electron chi connectivity index (χ2n) is 3.28. The van der Waals surface area contributed by atoms with E-state index in [0.29, 0.717) is 22.9 Å². The summed E-state index contributed by atoms with van der Waals surface area (Å²) in [4.78, 5) is 0. The Hall–Kier alpha value is -0.990. The highest BCUT2D eigenvalue weighted by molar-refractivity contribution is 6.32. The first-order valence-corrected chi connectivity index (χ1v) is 5.24. The van der Waals surface area contributed by atoms with Gasteiger partial charge in [0.25, 0.3) is 0 Å². The molecule has 1 rings (SSSR count). The zero-order valence-corrected chi connectivity index (χ0v) is 9.55. The van der Waals surface area contributed by atoms with Crippen LogP contribution in [0.5, 0.6) is 5.75 Å². The lowest BCUT2D eigenvalue weighted by Gasteiger charge is -2.12. The number of halogens is 1. The molecule has 1 N–H and O–H groups in total. The Bertz CT molecular complexity index is 347. The van der Waals surface area contributed by atoms with Gasteiger partial charge in [-0.3, -0.25) is 0 Å². The number of hydrogen-bond donors (Lipinski definition) is 1. The van der Waals surface area contributed by atoms with E-state index >= 15 is 0 Å². The van der Waals surface area contributed by atoms with Crippen LogP contribution in [0, 0.1) is 0 Å². The first-order chi connectivity index (χ1) is 7.19. The molecular formula is C12H15ClO2. The monoisotopic (exact) mass is 226 g/mol. The molecule has 3 heteroatoms. The maximum Gasteiger partial charge on any atom is 0.143 e. The minimum Gasteiger partial charge on any atom is -0.487 e. The summed E-state index contributed by atoms with van der Waals surface area (Å²) in [5, 5.41) is 9.62. The molecule has 0 aliphatic carbocycles. The predicted molar refractivity (Wildman–Crippen MR) is 62.3 cm³/mol. The first kappa shape index (κ1) is 12.1. The summed E-state index contributed by atoms with van der Waals surface area (Å²) in [7, 11) is 0. The quantitative estimate of drug-likeness (QED) is 0.782. The summed E-state index contributed by atoms with van der Waals surface area (Å²) in [6.07, 6.45) is 0.874. The molecule has 0 atom stereocenters. The first-order valence-electron chi connectivity index (χ1n) is 4.86. The fourth-order valence-electron chi connectivity index (χ4n) is 1.12. The molecule has 82 valence electrons. The van der Waals surface area contributed by atoms with Crippen molar-refractivity contribution in [3.05, 3.63) is 40.9 Å². The fourth-order valence-corrected chi connectivity index (χ4v) is 1.36. The van der Waals surface area contributed by atoms with E-state index in [-0.39, 0.29) is 6.61 Å². The number of rotatable bonds is 5. The van der Waals surface area contributed by atoms with Gasteiger partial charge in [0.1, 0.15) is 12.4 Å². The molecule has 0 unspecified atom stereocenters. The molecule has 0 saturated heterocycles. The highest BCUT2D eigenvalue weighted by Gasteiger charge is 2.07. The van der Waals surface area contributed by atoms with Crippen LogP contribution < -0.4 is 4.74 Å². The molecule has 0 saturated carbocycles. The SMILES string of the molecule is C=C(CC)COc1c(Cl)cccc1CO. The van der Waals surface area contributed by atoms with Gasteiger partial charge in [0, 0.05) is 5.56 Å². The minimum atomic E-state index is -0.0749. The van der Waals surface area contributed by atoms with Gasteiger partial charge in [0.15, 0.2) is 0 Å². The lowest BCUT2D eigenvalue weighted by molar-refractivity contribution is 0.268. The molecule has 0 spiro atoms. The number of aliphatic hydroxyl groups is 1. The van der Waals surface area contributed by atoms with Crippen LogP contribution in [0.2, 0.25) is 5.02 Å². The van der Waals surface area contributed by atoms with Gasteiger partial charge in [-0.25, -0.2) is 0 Å². The number of benzene rings is 1. The summed E-state index contributed by atoms with van der Waals surface area (Å²) in [5.41, 5.74) is 1.70. The van der Waals surface area contributed by atoms with Gasteiger partial charge in [-0.1, -0.05) is 37.2 Å². The second-order valence-corrected chi connectivity index (χ2v) is 3.69. The van der Waals surface area contributed by atoms with Crippen molar-refractivity contribution in [2.75, 3.05) is 6.61 Å². The van der Waals surface area contributed by atoms with Crippen molar-refractivity contribution in [2.24, 2.45) is 0 Å². The molecule has 0 aromatic heterocycles. The maximum absolute atomic E-state index is 9.10. The molecule has 1 aromatic carbocycles. The van der Waals surface area contributed by atoms with Crippen molar-refractivity contribution >= 4 is 11.6 Å². The molecule has 0 radical (unpaired) electrons. The third-order valence-electron chi connectivity index (χ3n) is 2.14. The Kier molecular flexibility index (Phi) is 4.66. The van der Waals surface area contributed by atoms with Crippen LogP contribution in [-0.2, 0) is 6.61 Å². The van der Waals surface area contributed by atoms with Crippen molar-refractivity contribution < 1.29 is 9.84 Å². The Morgan fingerprint density at radius 2 is 2.27 bits per heavy atom. The highest BCUT2D eigenvalue weighted by Crippen LogP contribution is 2.29. The maximum atomic E-state index is 9.10. The van der Waals surface area contributed by atoms with E-state index < -0.39 is 0 Å². The van der Waals surface area contributed by atoms with Gasteiger partial charge in [-0.2, -0.15) is 0 Å². The lowest BCUT2D eigenvalue weighted by atomic mass is 10.2. The normalized spacial score (nSPS) is 10.1. The van der Waals surface area contributed by atoms with Crippen LogP contribution in [0.3, 0.4) is 0 Å². The Balaban J connectivity index is 2.78. The Morgan fingerprint density at radius 1 is 1.53 bits per heavy atom. The van der Waals surface area contributed by atoms with Crippen molar-refractivity contribution in [1.82, 2.24) is 0 Å². The Labute approximate surface area is 95.1 Å². The standard InChI is InChI=1S/C12H15ClO2/c1-3-9(2)8-15-12-10(7-14)5-4-6-11(12)13/h4-6,14H,2-3,7-8H2,1H3. The van der Waals surface area contributed by atoms with E-state index in [2.05, 4.69) is 6.58 Å². The van der Waals surface area contributed by atoms with E-state index in [9.17, 15) is 0 Å². The summed E-state index contributed by atoms with van der Waals surface area (Å²) >= 11 is 5.97. The average Bonchev–Trinajstić information content (AvgIpc) is 2.26. The zero-order chi connectivity index (χ0) is 11.3. The van der Waals surface area contributed by atoms with Gasteiger partial charge in [0.05, 0.1) is 11.6 Å². The average molecular weight is 227 g/mol. The number of ether oxygens (including phenoxy) is 1. The van der Waals surface area contributed by atoms with Crippen molar-refractivity contribution in [3.8, 4) is 5.75 Å². The molecule has 0 heterocycles. The second kappa shape index (κ2) is 5.79. The van der Waals surface area contributed by atoms with Gasteiger partial charge in [-0.15, -0.1) is 0 Å². The molecule has 0 aliphatic rings. The van der Waals surface area contributed by atoms with Crippen molar-refractivity contribution in [2.45, 2.75) is 20.0 Å². The lowest BCUT2D eigenvalue weighted by Crippen LogP contribution is -2.02. The third kappa shape index (κ3) is 3.26. The summed E-state index contributed by atoms with van der Waals surface area (Å²) in [6, 6.07) is 5.32. The molecule has 1 aromatic rings. The fraction of sp³-hybridized carbons (Fsp3) is 0.333. The number of aliphatic hydroxyl groups excluding tert-OH is 1. The summed E-state index contributed by atoms with van der Waals surface area (Å²) in [5.74, 6) is 0.552. The topological polar surface area (TPSA) is 29.5 Å². The van der Waals surface area contributed by atoms with Gasteiger partial charge >= 0.3 is 0 Å². The molecule has 15 heavy (non-hydrogen) atoms. The van der Waals surface area contributed by atoms with E-state index in [0.717, 1.165) is 12.0 Å². The summed E-state index contributed by atoms with van der Waals surface area (Å²) < 4.78 is 5.52. The number of para-hydroxylation sites is 1. The van der Waals surface area contributed by atoms with Crippen LogP contribution in [0.15, 0.2) is 30.4 Å². The Morgan fingerprint density at radius 3 is 2.87 bits per heavy atom. The number of hydrogen-bond acceptors (Lipinski definition) is 2. The highest BCUT2D eigenvalue weighted by atomic mass is 35.5. The van der Waals surface area contributed by atoms with Gasteiger partial charge in [0.2, 0.25) is 0 Å². The van der Waals surface area contributed by atoms with E-state index in [1.807, 2.05) is 6.92 Å². The van der Waals surface area contributed by atoms with E-state index in [1.165, 1.54) is 0 Å². The van der Waals surface area contributed by atoms with Crippen LogP contribution in [-0.4, -0.2) is 11.7 Å². The predicted octanol–water partition coefficient (Wildman–Crippen LogP) is 3.18. The van der Waals surface area contributed by atoms with Gasteiger partial charge in [-0.05, 0) is 18.1 Å². The third-order valence-corrected chi connectivity index (χ3v) is 2.44. The largest absolute Gasteiger partial charge is 0.487 e. The van der Waals surface area contributed by atoms with E-state index in [1.54, 1.807) is 18.2 Å².